The van der Waals surface area contributed by atoms with Gasteiger partial charge in [0.15, 0.2) is 5.58 Å². The molecule has 1 aromatic heterocycles. The number of carbonyl (C=O) groups is 2. The first kappa shape index (κ1) is 18.7. The zero-order valence-corrected chi connectivity index (χ0v) is 16.0. The Kier molecular flexibility index (Phi) is 5.21. The second-order valence-corrected chi connectivity index (χ2v) is 7.62. The lowest BCUT2D eigenvalue weighted by Gasteiger charge is -2.26. The number of benzene rings is 1. The number of likely N-dealkylation sites (tertiary alicyclic amines) is 1. The number of oxazole rings is 1. The first-order valence-corrected chi connectivity index (χ1v) is 9.86. The lowest BCUT2D eigenvalue weighted by atomic mass is 10.0. The topological polar surface area (TPSA) is 93.8 Å². The number of carbonyl (C=O) groups excluding carboxylic acids is 2. The molecule has 8 heteroatoms. The molecule has 2 aliphatic heterocycles. The highest BCUT2D eigenvalue weighted by atomic mass is 16.5. The van der Waals surface area contributed by atoms with Crippen LogP contribution in [0.3, 0.4) is 0 Å². The molecule has 2 fully saturated rings. The van der Waals surface area contributed by atoms with Gasteiger partial charge in [0.25, 0.3) is 5.91 Å². The number of hydrogen-bond acceptors (Lipinski definition) is 5. The Morgan fingerprint density at radius 2 is 2.00 bits per heavy atom. The van der Waals surface area contributed by atoms with Gasteiger partial charge in [-0.15, -0.1) is 0 Å². The summed E-state index contributed by atoms with van der Waals surface area (Å²) in [5.41, 5.74) is 1.42. The SMILES string of the molecule is C[C@@H]1CCO[C@H]1C(=O)Nc1ccc2oc(=O)n(CC(=O)N3CCCCC3)c2c1. The molecule has 28 heavy (non-hydrogen) atoms. The Balaban J connectivity index is 1.55. The highest BCUT2D eigenvalue weighted by Crippen LogP contribution is 2.23. The normalized spacial score (nSPS) is 22.5. The van der Waals surface area contributed by atoms with Gasteiger partial charge in [0.05, 0.1) is 5.52 Å². The molecule has 0 unspecified atom stereocenters. The summed E-state index contributed by atoms with van der Waals surface area (Å²) >= 11 is 0. The van der Waals surface area contributed by atoms with Crippen LogP contribution in [0.4, 0.5) is 5.69 Å². The van der Waals surface area contributed by atoms with Crippen LogP contribution in [0.25, 0.3) is 11.1 Å². The minimum atomic E-state index is -0.573. The second kappa shape index (κ2) is 7.79. The van der Waals surface area contributed by atoms with E-state index in [4.69, 9.17) is 9.15 Å². The van der Waals surface area contributed by atoms with Gasteiger partial charge in [0, 0.05) is 25.4 Å². The molecule has 0 bridgehead atoms. The van der Waals surface area contributed by atoms with Crippen molar-refractivity contribution in [1.29, 1.82) is 0 Å². The van der Waals surface area contributed by atoms with E-state index >= 15 is 0 Å². The molecule has 8 nitrogen and oxygen atoms in total. The molecule has 2 aromatic rings. The van der Waals surface area contributed by atoms with Gasteiger partial charge in [-0.2, -0.15) is 0 Å². The minimum absolute atomic E-state index is 0.0635. The first-order valence-electron chi connectivity index (χ1n) is 9.86. The molecule has 2 atom stereocenters. The van der Waals surface area contributed by atoms with E-state index in [-0.39, 0.29) is 24.3 Å². The molecule has 1 aromatic carbocycles. The average molecular weight is 387 g/mol. The lowest BCUT2D eigenvalue weighted by molar-refractivity contribution is -0.132. The van der Waals surface area contributed by atoms with Crippen molar-refractivity contribution in [3.8, 4) is 0 Å². The third kappa shape index (κ3) is 3.69. The molecule has 2 aliphatic rings. The quantitative estimate of drug-likeness (QED) is 0.866. The molecule has 1 N–H and O–H groups in total. The number of piperidine rings is 1. The number of nitrogens with one attached hydrogen (secondary N) is 1. The Morgan fingerprint density at radius 3 is 2.71 bits per heavy atom. The Bertz CT molecular complexity index is 941. The van der Waals surface area contributed by atoms with Gasteiger partial charge in [-0.25, -0.2) is 4.79 Å². The predicted octanol–water partition coefficient (Wildman–Crippen LogP) is 1.97. The van der Waals surface area contributed by atoms with Crippen LogP contribution >= 0.6 is 0 Å². The van der Waals surface area contributed by atoms with Crippen LogP contribution in [-0.2, 0) is 20.9 Å². The maximum Gasteiger partial charge on any atom is 0.420 e. The molecule has 3 heterocycles. The number of nitrogens with zero attached hydrogens (tertiary/aromatic N) is 2. The van der Waals surface area contributed by atoms with Crippen LogP contribution in [0.15, 0.2) is 27.4 Å². The number of ether oxygens (including phenoxy) is 1. The maximum atomic E-state index is 12.6. The molecular formula is C20H25N3O5. The number of fused-ring (bicyclic) bond motifs is 1. The molecule has 0 saturated carbocycles. The number of aromatic nitrogens is 1. The lowest BCUT2D eigenvalue weighted by Crippen LogP contribution is -2.39. The fraction of sp³-hybridized carbons (Fsp3) is 0.550. The van der Waals surface area contributed by atoms with Gasteiger partial charge in [-0.05, 0) is 49.8 Å². The molecule has 0 radical (unpaired) electrons. The minimum Gasteiger partial charge on any atom is -0.408 e. The Hall–Kier alpha value is -2.61. The zero-order valence-electron chi connectivity index (χ0n) is 16.0. The van der Waals surface area contributed by atoms with Gasteiger partial charge in [0.2, 0.25) is 5.91 Å². The molecule has 0 aliphatic carbocycles. The van der Waals surface area contributed by atoms with E-state index in [0.29, 0.717) is 23.4 Å². The van der Waals surface area contributed by atoms with Gasteiger partial charge >= 0.3 is 5.76 Å². The Morgan fingerprint density at radius 1 is 1.21 bits per heavy atom. The fourth-order valence-corrected chi connectivity index (χ4v) is 3.91. The number of hydrogen-bond donors (Lipinski definition) is 1. The van der Waals surface area contributed by atoms with Crippen molar-refractivity contribution in [3.63, 3.8) is 0 Å². The standard InChI is InChI=1S/C20H25N3O5/c1-13-7-10-27-18(13)19(25)21-14-5-6-16-15(11-14)23(20(26)28-16)12-17(24)22-8-3-2-4-9-22/h5-6,11,13,18H,2-4,7-10,12H2,1H3,(H,21,25)/t13-,18-/m1/s1. The van der Waals surface area contributed by atoms with Crippen LogP contribution in [0.2, 0.25) is 0 Å². The fourth-order valence-electron chi connectivity index (χ4n) is 3.91. The molecule has 0 spiro atoms. The molecular weight excluding hydrogens is 362 g/mol. The van der Waals surface area contributed by atoms with Crippen molar-refractivity contribution in [2.75, 3.05) is 25.0 Å². The van der Waals surface area contributed by atoms with Crippen LogP contribution < -0.4 is 11.1 Å². The van der Waals surface area contributed by atoms with Crippen LogP contribution in [0, 0.1) is 5.92 Å². The Labute approximate surface area is 162 Å². The van der Waals surface area contributed by atoms with Crippen molar-refractivity contribution < 1.29 is 18.7 Å². The first-order chi connectivity index (χ1) is 13.5. The van der Waals surface area contributed by atoms with Gasteiger partial charge in [-0.3, -0.25) is 14.2 Å². The summed E-state index contributed by atoms with van der Waals surface area (Å²) in [4.78, 5) is 39.1. The highest BCUT2D eigenvalue weighted by Gasteiger charge is 2.31. The summed E-state index contributed by atoms with van der Waals surface area (Å²) in [5, 5.41) is 2.84. The van der Waals surface area contributed by atoms with Crippen molar-refractivity contribution in [2.24, 2.45) is 5.92 Å². The third-order valence-electron chi connectivity index (χ3n) is 5.58. The van der Waals surface area contributed by atoms with Gasteiger partial charge < -0.3 is 19.4 Å². The molecule has 4 rings (SSSR count). The number of amides is 2. The van der Waals surface area contributed by atoms with E-state index in [1.54, 1.807) is 23.1 Å². The van der Waals surface area contributed by atoms with E-state index in [2.05, 4.69) is 5.32 Å². The molecule has 150 valence electrons. The van der Waals surface area contributed by atoms with E-state index in [1.807, 2.05) is 6.92 Å². The van der Waals surface area contributed by atoms with E-state index in [1.165, 1.54) is 4.57 Å². The average Bonchev–Trinajstić information content (AvgIpc) is 3.26. The van der Waals surface area contributed by atoms with Crippen molar-refractivity contribution in [1.82, 2.24) is 9.47 Å². The monoisotopic (exact) mass is 387 g/mol. The summed E-state index contributed by atoms with van der Waals surface area (Å²) in [5.74, 6) is -0.701. The molecule has 2 amide bonds. The summed E-state index contributed by atoms with van der Waals surface area (Å²) < 4.78 is 12.1. The van der Waals surface area contributed by atoms with Crippen molar-refractivity contribution in [3.05, 3.63) is 28.7 Å². The van der Waals surface area contributed by atoms with Crippen molar-refractivity contribution >= 4 is 28.6 Å². The second-order valence-electron chi connectivity index (χ2n) is 7.62. The van der Waals surface area contributed by atoms with Crippen LogP contribution in [-0.4, -0.2) is 47.1 Å². The van der Waals surface area contributed by atoms with Crippen LogP contribution in [0.5, 0.6) is 0 Å². The van der Waals surface area contributed by atoms with Gasteiger partial charge in [-0.1, -0.05) is 6.92 Å². The zero-order chi connectivity index (χ0) is 19.7. The number of rotatable bonds is 4. The van der Waals surface area contributed by atoms with Gasteiger partial charge in [0.1, 0.15) is 12.6 Å². The highest BCUT2D eigenvalue weighted by molar-refractivity contribution is 5.96. The summed E-state index contributed by atoms with van der Waals surface area (Å²) in [7, 11) is 0. The number of anilines is 1. The van der Waals surface area contributed by atoms with Crippen LogP contribution in [0.1, 0.15) is 32.6 Å². The van der Waals surface area contributed by atoms with Crippen molar-refractivity contribution in [2.45, 2.75) is 45.3 Å². The largest absolute Gasteiger partial charge is 0.420 e. The predicted molar refractivity (Wildman–Crippen MR) is 103 cm³/mol. The van der Waals surface area contributed by atoms with E-state index in [0.717, 1.165) is 38.8 Å². The third-order valence-corrected chi connectivity index (χ3v) is 5.58. The summed E-state index contributed by atoms with van der Waals surface area (Å²) in [6.45, 7) is 3.96. The summed E-state index contributed by atoms with van der Waals surface area (Å²) in [6, 6.07) is 4.98. The molecule has 2 saturated heterocycles. The maximum absolute atomic E-state index is 12.6. The van der Waals surface area contributed by atoms with E-state index < -0.39 is 11.9 Å². The van der Waals surface area contributed by atoms with E-state index in [9.17, 15) is 14.4 Å². The smallest absolute Gasteiger partial charge is 0.408 e. The summed E-state index contributed by atoms with van der Waals surface area (Å²) in [6.07, 6.45) is 3.50.